The molecular weight excluding hydrogens is 436 g/mol. The minimum atomic E-state index is -3.51. The molecule has 1 aliphatic heterocycles. The summed E-state index contributed by atoms with van der Waals surface area (Å²) in [6.45, 7) is 4.46. The van der Waals surface area contributed by atoms with Gasteiger partial charge in [-0.3, -0.25) is 4.79 Å². The summed E-state index contributed by atoms with van der Waals surface area (Å²) in [6, 6.07) is 15.4. The summed E-state index contributed by atoms with van der Waals surface area (Å²) in [4.78, 5) is 12.6. The van der Waals surface area contributed by atoms with Gasteiger partial charge in [0.2, 0.25) is 10.0 Å². The van der Waals surface area contributed by atoms with Crippen LogP contribution in [0.5, 0.6) is 0 Å². The maximum atomic E-state index is 12.6. The lowest BCUT2D eigenvalue weighted by Gasteiger charge is -2.18. The average Bonchev–Trinajstić information content (AvgIpc) is 3.33. The van der Waals surface area contributed by atoms with Gasteiger partial charge in [-0.15, -0.1) is 0 Å². The van der Waals surface area contributed by atoms with Gasteiger partial charge in [0.05, 0.1) is 16.2 Å². The van der Waals surface area contributed by atoms with Crippen molar-refractivity contribution in [2.24, 2.45) is 0 Å². The zero-order chi connectivity index (χ0) is 22.2. The Labute approximate surface area is 186 Å². The van der Waals surface area contributed by atoms with Gasteiger partial charge in [-0.05, 0) is 54.6 Å². The molecule has 0 saturated carbocycles. The van der Waals surface area contributed by atoms with Crippen LogP contribution >= 0.6 is 11.6 Å². The van der Waals surface area contributed by atoms with Crippen LogP contribution in [0.3, 0.4) is 0 Å². The first kappa shape index (κ1) is 21.4. The molecule has 3 aromatic rings. The molecule has 0 spiro atoms. The van der Waals surface area contributed by atoms with E-state index in [-0.39, 0.29) is 10.8 Å². The highest BCUT2D eigenvalue weighted by Crippen LogP contribution is 2.35. The van der Waals surface area contributed by atoms with Gasteiger partial charge < -0.3 is 9.73 Å². The van der Waals surface area contributed by atoms with E-state index in [9.17, 15) is 13.2 Å². The van der Waals surface area contributed by atoms with Crippen LogP contribution in [0.1, 0.15) is 25.2 Å². The molecule has 1 aliphatic rings. The molecule has 6 nitrogen and oxygen atoms in total. The fraction of sp³-hybridized carbons (Fsp3) is 0.174. The number of nitrogens with one attached hydrogen (secondary N) is 1. The molecule has 0 fully saturated rings. The van der Waals surface area contributed by atoms with Crippen LogP contribution in [0.2, 0.25) is 5.02 Å². The second-order valence-corrected chi connectivity index (χ2v) is 9.39. The van der Waals surface area contributed by atoms with Crippen LogP contribution in [-0.2, 0) is 14.8 Å². The molecule has 0 aliphatic carbocycles. The van der Waals surface area contributed by atoms with Gasteiger partial charge in [-0.1, -0.05) is 31.5 Å². The molecule has 31 heavy (non-hydrogen) atoms. The predicted molar refractivity (Wildman–Crippen MR) is 122 cm³/mol. The zero-order valence-electron chi connectivity index (χ0n) is 17.1. The Morgan fingerprint density at radius 3 is 2.42 bits per heavy atom. The van der Waals surface area contributed by atoms with E-state index in [2.05, 4.69) is 5.32 Å². The van der Waals surface area contributed by atoms with Crippen molar-refractivity contribution in [1.82, 2.24) is 4.31 Å². The highest BCUT2D eigenvalue weighted by Gasteiger charge is 2.25. The summed E-state index contributed by atoms with van der Waals surface area (Å²) in [7, 11) is -3.51. The number of sulfonamides is 1. The van der Waals surface area contributed by atoms with Crippen LogP contribution in [0.4, 0.5) is 5.69 Å². The van der Waals surface area contributed by atoms with Crippen molar-refractivity contribution in [2.75, 3.05) is 18.4 Å². The average molecular weight is 457 g/mol. The summed E-state index contributed by atoms with van der Waals surface area (Å²) in [5.74, 6) is 0.873. The van der Waals surface area contributed by atoms with Crippen molar-refractivity contribution in [3.8, 4) is 11.3 Å². The van der Waals surface area contributed by atoms with Crippen molar-refractivity contribution in [2.45, 2.75) is 18.7 Å². The number of anilines is 1. The summed E-state index contributed by atoms with van der Waals surface area (Å²) >= 11 is 5.99. The smallest absolute Gasteiger partial charge is 0.256 e. The summed E-state index contributed by atoms with van der Waals surface area (Å²) < 4.78 is 32.6. The Balaban J connectivity index is 1.60. The molecule has 0 bridgehead atoms. The topological polar surface area (TPSA) is 79.6 Å². The minimum absolute atomic E-state index is 0.221. The van der Waals surface area contributed by atoms with Gasteiger partial charge in [0.1, 0.15) is 11.5 Å². The Morgan fingerprint density at radius 1 is 1.03 bits per heavy atom. The Morgan fingerprint density at radius 2 is 1.74 bits per heavy atom. The second kappa shape index (κ2) is 8.34. The van der Waals surface area contributed by atoms with E-state index in [1.54, 1.807) is 60.7 Å². The highest BCUT2D eigenvalue weighted by atomic mass is 35.5. The fourth-order valence-corrected chi connectivity index (χ4v) is 5.17. The first-order valence-corrected chi connectivity index (χ1v) is 11.7. The van der Waals surface area contributed by atoms with Crippen molar-refractivity contribution in [1.29, 1.82) is 0 Å². The lowest BCUT2D eigenvalue weighted by molar-refractivity contribution is -0.110. The SMILES string of the molecule is CCN(CC)S(=O)(=O)c1ccc(-c2ccc(/C=C3\C(=O)Nc4cc(Cl)ccc43)o2)cc1. The monoisotopic (exact) mass is 456 g/mol. The van der Waals surface area contributed by atoms with E-state index in [1.165, 1.54) is 4.31 Å². The zero-order valence-corrected chi connectivity index (χ0v) is 18.6. The molecule has 1 aromatic heterocycles. The van der Waals surface area contributed by atoms with Gasteiger partial charge in [-0.2, -0.15) is 4.31 Å². The van der Waals surface area contributed by atoms with E-state index in [0.717, 1.165) is 11.1 Å². The number of fused-ring (bicyclic) bond motifs is 1. The van der Waals surface area contributed by atoms with Gasteiger partial charge in [-0.25, -0.2) is 8.42 Å². The lowest BCUT2D eigenvalue weighted by atomic mass is 10.1. The van der Waals surface area contributed by atoms with Crippen LogP contribution in [0.25, 0.3) is 23.0 Å². The lowest BCUT2D eigenvalue weighted by Crippen LogP contribution is -2.30. The van der Waals surface area contributed by atoms with Gasteiger partial charge in [0.15, 0.2) is 0 Å². The Bertz CT molecular complexity index is 1270. The molecule has 4 rings (SSSR count). The van der Waals surface area contributed by atoms with E-state index in [0.29, 0.717) is 40.9 Å². The maximum absolute atomic E-state index is 12.6. The number of nitrogens with zero attached hydrogens (tertiary/aromatic N) is 1. The van der Waals surface area contributed by atoms with Gasteiger partial charge in [0, 0.05) is 29.2 Å². The molecule has 0 unspecified atom stereocenters. The van der Waals surface area contributed by atoms with Crippen LogP contribution in [0.15, 0.2) is 63.9 Å². The number of carbonyl (C=O) groups is 1. The molecule has 0 atom stereocenters. The van der Waals surface area contributed by atoms with Gasteiger partial charge >= 0.3 is 0 Å². The normalized spacial score (nSPS) is 14.8. The molecular formula is C23H21ClN2O4S. The first-order chi connectivity index (χ1) is 14.8. The number of amides is 1. The number of hydrogen-bond donors (Lipinski definition) is 1. The van der Waals surface area contributed by atoms with Crippen molar-refractivity contribution in [3.05, 3.63) is 70.9 Å². The molecule has 0 radical (unpaired) electrons. The summed E-state index contributed by atoms with van der Waals surface area (Å²) in [5.41, 5.74) is 2.67. The third-order valence-corrected chi connectivity index (χ3v) is 7.46. The van der Waals surface area contributed by atoms with Crippen LogP contribution < -0.4 is 5.32 Å². The summed E-state index contributed by atoms with van der Waals surface area (Å²) in [5, 5.41) is 3.34. The van der Waals surface area contributed by atoms with Crippen molar-refractivity contribution in [3.63, 3.8) is 0 Å². The first-order valence-electron chi connectivity index (χ1n) is 9.87. The molecule has 1 N–H and O–H groups in total. The largest absolute Gasteiger partial charge is 0.457 e. The molecule has 2 heterocycles. The fourth-order valence-electron chi connectivity index (χ4n) is 3.54. The number of halogens is 1. The van der Waals surface area contributed by atoms with E-state index in [1.807, 2.05) is 13.8 Å². The van der Waals surface area contributed by atoms with E-state index < -0.39 is 10.0 Å². The standard InChI is InChI=1S/C23H21ClN2O4S/c1-3-26(4-2)31(28,29)18-9-5-15(6-10-18)22-12-8-17(30-22)14-20-19-11-7-16(24)13-21(19)25-23(20)27/h5-14H,3-4H2,1-2H3,(H,25,27)/b20-14-. The van der Waals surface area contributed by atoms with Crippen molar-refractivity contribution < 1.29 is 17.6 Å². The highest BCUT2D eigenvalue weighted by molar-refractivity contribution is 7.89. The number of rotatable bonds is 6. The predicted octanol–water partition coefficient (Wildman–Crippen LogP) is 5.12. The Kier molecular flexibility index (Phi) is 5.75. The molecule has 0 saturated heterocycles. The third kappa shape index (κ3) is 4.04. The van der Waals surface area contributed by atoms with E-state index in [4.69, 9.17) is 16.0 Å². The minimum Gasteiger partial charge on any atom is -0.457 e. The van der Waals surface area contributed by atoms with Crippen molar-refractivity contribution >= 4 is 44.9 Å². The third-order valence-electron chi connectivity index (χ3n) is 5.16. The molecule has 2 aromatic carbocycles. The number of carbonyl (C=O) groups excluding carboxylic acids is 1. The van der Waals surface area contributed by atoms with Gasteiger partial charge in [0.25, 0.3) is 5.91 Å². The quantitative estimate of drug-likeness (QED) is 0.522. The number of benzene rings is 2. The molecule has 1 amide bonds. The van der Waals surface area contributed by atoms with Crippen LogP contribution in [-0.4, -0.2) is 31.7 Å². The second-order valence-electron chi connectivity index (χ2n) is 7.02. The van der Waals surface area contributed by atoms with Crippen LogP contribution in [0, 0.1) is 0 Å². The number of furan rings is 1. The maximum Gasteiger partial charge on any atom is 0.256 e. The van der Waals surface area contributed by atoms with E-state index >= 15 is 0 Å². The number of hydrogen-bond acceptors (Lipinski definition) is 4. The Hall–Kier alpha value is -2.87. The summed E-state index contributed by atoms with van der Waals surface area (Å²) in [6.07, 6.45) is 1.68. The molecule has 160 valence electrons. The molecule has 8 heteroatoms.